The Kier molecular flexibility index (Phi) is 31.7. The first kappa shape index (κ1) is 51.1. The van der Waals surface area contributed by atoms with Crippen LogP contribution in [0.25, 0.3) is 0 Å². The van der Waals surface area contributed by atoms with Crippen molar-refractivity contribution in [3.8, 4) is 0 Å². The topological polar surface area (TPSA) is 178 Å². The van der Waals surface area contributed by atoms with Crippen LogP contribution in [0.15, 0.2) is 48.6 Å². The summed E-state index contributed by atoms with van der Waals surface area (Å²) in [5.41, 5.74) is 0. The van der Waals surface area contributed by atoms with Crippen LogP contribution in [0.3, 0.4) is 0 Å². The van der Waals surface area contributed by atoms with Gasteiger partial charge in [-0.2, -0.15) is 8.42 Å². The standard InChI is InChI=1S/C42H74O12S/c1-3-5-7-9-11-13-15-17-18-19-21-23-25-27-29-31-38(44)52-36(34-50-32-30-28-26-24-22-20-16-14-12-10-8-6-4-2)35-51-42-40(46)41(54-55(47,48)49)39(45)37(33-43)53-42/h5,7,11,13,17-18,21,23,36-37,39-43,45-46H,3-4,6,8-10,12,14-16,19-20,22,24-35H2,1-2H3,(H,47,48,49)/b7-5-,13-11-,18-17-,23-21-. The molecule has 1 rings (SSSR count). The molecule has 1 saturated heterocycles. The fraction of sp³-hybridized carbons (Fsp3) is 0.786. The van der Waals surface area contributed by atoms with Crippen LogP contribution in [-0.2, 0) is 38.3 Å². The van der Waals surface area contributed by atoms with Crippen LogP contribution in [0.5, 0.6) is 0 Å². The quantitative estimate of drug-likeness (QED) is 0.0210. The summed E-state index contributed by atoms with van der Waals surface area (Å²) >= 11 is 0. The molecular weight excluding hydrogens is 729 g/mol. The predicted molar refractivity (Wildman–Crippen MR) is 216 cm³/mol. The summed E-state index contributed by atoms with van der Waals surface area (Å²) in [6.45, 7) is 3.81. The maximum Gasteiger partial charge on any atom is 0.397 e. The molecule has 6 atom stereocenters. The van der Waals surface area contributed by atoms with Crippen LogP contribution in [0.2, 0.25) is 0 Å². The third-order valence-corrected chi connectivity index (χ3v) is 9.68. The molecule has 1 heterocycles. The molecule has 1 fully saturated rings. The van der Waals surface area contributed by atoms with Gasteiger partial charge in [-0.1, -0.05) is 140 Å². The van der Waals surface area contributed by atoms with Crippen molar-refractivity contribution >= 4 is 16.4 Å². The first-order valence-corrected chi connectivity index (χ1v) is 22.3. The minimum atomic E-state index is -5.06. The van der Waals surface area contributed by atoms with Crippen molar-refractivity contribution < 1.29 is 56.2 Å². The number of ether oxygens (including phenoxy) is 4. The van der Waals surface area contributed by atoms with Crippen molar-refractivity contribution in [3.05, 3.63) is 48.6 Å². The van der Waals surface area contributed by atoms with Gasteiger partial charge in [-0.25, -0.2) is 4.18 Å². The maximum absolute atomic E-state index is 12.8. The summed E-state index contributed by atoms with van der Waals surface area (Å²) in [4.78, 5) is 12.8. The van der Waals surface area contributed by atoms with Gasteiger partial charge in [0, 0.05) is 13.0 Å². The highest BCUT2D eigenvalue weighted by Crippen LogP contribution is 2.26. The third-order valence-electron chi connectivity index (χ3n) is 9.22. The minimum absolute atomic E-state index is 0.0196. The summed E-state index contributed by atoms with van der Waals surface area (Å²) in [6.07, 6.45) is 30.1. The van der Waals surface area contributed by atoms with Crippen molar-refractivity contribution in [2.24, 2.45) is 0 Å². The molecule has 0 saturated carbocycles. The third kappa shape index (κ3) is 28.2. The molecule has 0 aromatic rings. The Balaban J connectivity index is 2.51. The molecule has 0 radical (unpaired) electrons. The lowest BCUT2D eigenvalue weighted by molar-refractivity contribution is -0.301. The van der Waals surface area contributed by atoms with E-state index in [-0.39, 0.29) is 19.6 Å². The van der Waals surface area contributed by atoms with Crippen molar-refractivity contribution in [1.82, 2.24) is 0 Å². The zero-order valence-corrected chi connectivity index (χ0v) is 34.5. The number of carbonyl (C=O) groups excluding carboxylic acids is 1. The molecule has 13 heteroatoms. The molecule has 320 valence electrons. The van der Waals surface area contributed by atoms with Gasteiger partial charge in [-0.3, -0.25) is 9.35 Å². The van der Waals surface area contributed by atoms with Crippen molar-refractivity contribution in [3.63, 3.8) is 0 Å². The van der Waals surface area contributed by atoms with Crippen LogP contribution in [0.1, 0.15) is 149 Å². The van der Waals surface area contributed by atoms with Gasteiger partial charge in [0.1, 0.15) is 30.5 Å². The number of aliphatic hydroxyl groups is 3. The fourth-order valence-electron chi connectivity index (χ4n) is 6.07. The number of hydrogen-bond donors (Lipinski definition) is 4. The van der Waals surface area contributed by atoms with Crippen LogP contribution in [0.4, 0.5) is 0 Å². The summed E-state index contributed by atoms with van der Waals surface area (Å²) < 4.78 is 58.8. The lowest BCUT2D eigenvalue weighted by Gasteiger charge is -2.41. The average Bonchev–Trinajstić information content (AvgIpc) is 3.15. The van der Waals surface area contributed by atoms with Gasteiger partial charge in [-0.15, -0.1) is 0 Å². The highest BCUT2D eigenvalue weighted by Gasteiger charge is 2.48. The first-order valence-electron chi connectivity index (χ1n) is 20.9. The SMILES string of the molecule is CC/C=C\C/C=C\C/C=C\C/C=C\CCCCC(=O)OC(COCCCCCCCCCCCCCCC)COC1OC(CO)C(O)C(OS(=O)(=O)O)C1O. The largest absolute Gasteiger partial charge is 0.457 e. The van der Waals surface area contributed by atoms with Crippen LogP contribution < -0.4 is 0 Å². The number of allylic oxidation sites excluding steroid dienone is 8. The Labute approximate surface area is 332 Å². The molecule has 0 aliphatic carbocycles. The van der Waals surface area contributed by atoms with Gasteiger partial charge >= 0.3 is 16.4 Å². The molecule has 6 unspecified atom stereocenters. The van der Waals surface area contributed by atoms with E-state index in [2.05, 4.69) is 66.6 Å². The summed E-state index contributed by atoms with van der Waals surface area (Å²) in [7, 11) is -5.06. The van der Waals surface area contributed by atoms with E-state index in [1.807, 2.05) is 0 Å². The van der Waals surface area contributed by atoms with E-state index in [1.165, 1.54) is 64.2 Å². The van der Waals surface area contributed by atoms with Gasteiger partial charge < -0.3 is 34.3 Å². The molecule has 4 N–H and O–H groups in total. The van der Waals surface area contributed by atoms with Crippen LogP contribution >= 0.6 is 0 Å². The summed E-state index contributed by atoms with van der Waals surface area (Å²) in [6, 6.07) is 0. The lowest BCUT2D eigenvalue weighted by atomic mass is 9.99. The van der Waals surface area contributed by atoms with Crippen LogP contribution in [0, 0.1) is 0 Å². The molecule has 1 aliphatic rings. The second kappa shape index (κ2) is 34.1. The van der Waals surface area contributed by atoms with Gasteiger partial charge in [0.05, 0.1) is 19.8 Å². The minimum Gasteiger partial charge on any atom is -0.457 e. The van der Waals surface area contributed by atoms with Gasteiger partial charge in [-0.05, 0) is 51.4 Å². The smallest absolute Gasteiger partial charge is 0.397 e. The van der Waals surface area contributed by atoms with Crippen molar-refractivity contribution in [2.45, 2.75) is 185 Å². The van der Waals surface area contributed by atoms with Gasteiger partial charge in [0.15, 0.2) is 6.29 Å². The molecule has 0 aromatic carbocycles. The number of rotatable bonds is 35. The molecule has 0 amide bonds. The Morgan fingerprint density at radius 3 is 1.80 bits per heavy atom. The lowest BCUT2D eigenvalue weighted by Crippen LogP contribution is -2.60. The number of unbranched alkanes of at least 4 members (excludes halogenated alkanes) is 14. The monoisotopic (exact) mass is 802 g/mol. The van der Waals surface area contributed by atoms with Crippen molar-refractivity contribution in [1.29, 1.82) is 0 Å². The molecule has 0 bridgehead atoms. The first-order chi connectivity index (χ1) is 26.6. The molecular formula is C42H74O12S. The van der Waals surface area contributed by atoms with E-state index >= 15 is 0 Å². The second-order valence-electron chi connectivity index (χ2n) is 14.2. The molecule has 12 nitrogen and oxygen atoms in total. The summed E-state index contributed by atoms with van der Waals surface area (Å²) in [5, 5.41) is 30.6. The highest BCUT2D eigenvalue weighted by molar-refractivity contribution is 7.80. The van der Waals surface area contributed by atoms with Gasteiger partial charge in [0.25, 0.3) is 0 Å². The zero-order valence-electron chi connectivity index (χ0n) is 33.7. The Morgan fingerprint density at radius 2 is 1.25 bits per heavy atom. The molecule has 55 heavy (non-hydrogen) atoms. The van der Waals surface area contributed by atoms with E-state index in [0.29, 0.717) is 13.0 Å². The fourth-order valence-corrected chi connectivity index (χ4v) is 6.58. The van der Waals surface area contributed by atoms with Gasteiger partial charge in [0.2, 0.25) is 0 Å². The number of carbonyl (C=O) groups is 1. The van der Waals surface area contributed by atoms with Crippen molar-refractivity contribution in [2.75, 3.05) is 26.4 Å². The number of esters is 1. The van der Waals surface area contributed by atoms with E-state index < -0.39 is 59.8 Å². The second-order valence-corrected chi connectivity index (χ2v) is 15.3. The van der Waals surface area contributed by atoms with E-state index in [4.69, 9.17) is 23.5 Å². The number of hydrogen-bond acceptors (Lipinski definition) is 11. The summed E-state index contributed by atoms with van der Waals surface area (Å²) in [5.74, 6) is -0.440. The Hall–Kier alpha value is -1.94. The predicted octanol–water partition coefficient (Wildman–Crippen LogP) is 8.02. The van der Waals surface area contributed by atoms with Crippen LogP contribution in [-0.4, -0.2) is 97.5 Å². The Bertz CT molecular complexity index is 1160. The zero-order chi connectivity index (χ0) is 40.4. The maximum atomic E-state index is 12.8. The normalized spacial score (nSPS) is 21.5. The number of aliphatic hydroxyl groups excluding tert-OH is 3. The van der Waals surface area contributed by atoms with E-state index in [9.17, 15) is 28.5 Å². The molecule has 0 spiro atoms. The molecule has 0 aromatic heterocycles. The van der Waals surface area contributed by atoms with E-state index in [0.717, 1.165) is 57.8 Å². The van der Waals surface area contributed by atoms with E-state index in [1.54, 1.807) is 0 Å². The average molecular weight is 803 g/mol. The Morgan fingerprint density at radius 1 is 0.709 bits per heavy atom. The highest BCUT2D eigenvalue weighted by atomic mass is 32.3. The molecule has 1 aliphatic heterocycles.